The van der Waals surface area contributed by atoms with Crippen LogP contribution in [0.1, 0.15) is 75.8 Å². The molecule has 5 rings (SSSR count). The highest BCUT2D eigenvalue weighted by Gasteiger charge is 2.21. The molecule has 1 aromatic carbocycles. The predicted octanol–water partition coefficient (Wildman–Crippen LogP) is 4.44. The van der Waals surface area contributed by atoms with Crippen molar-refractivity contribution in [3.8, 4) is 6.01 Å². The molecule has 1 saturated carbocycles. The predicted molar refractivity (Wildman–Crippen MR) is 144 cm³/mol. The molecule has 2 aromatic heterocycles. The van der Waals surface area contributed by atoms with Gasteiger partial charge < -0.3 is 26.0 Å². The summed E-state index contributed by atoms with van der Waals surface area (Å²) in [6.45, 7) is 6.50. The number of aromatic nitrogens is 4. The third kappa shape index (κ3) is 6.30. The molecule has 10 heteroatoms. The Hall–Kier alpha value is -3.40. The molecule has 3 heterocycles. The van der Waals surface area contributed by atoms with Crippen LogP contribution in [0.3, 0.4) is 0 Å². The van der Waals surface area contributed by atoms with Crippen LogP contribution < -0.4 is 26.0 Å². The standard InChI is InChI=1S/C27H38N8O2/c1-18(2)22-17-30-35-24(22)33-27(37-21-12-8-14-28-16-21)34-25(35)29-15-19-9-6-7-13-23(19)32-26(36)31-20-10-4-3-5-11-20/h6-7,9,13,17-18,20-21,28H,3-5,8,10-12,14-16H2,1-2H3,(H,29,33,34)(H2,31,32,36)/t21-/m1/s1. The maximum Gasteiger partial charge on any atom is 0.322 e. The molecule has 0 radical (unpaired) electrons. The Morgan fingerprint density at radius 1 is 1.14 bits per heavy atom. The van der Waals surface area contributed by atoms with Crippen LogP contribution in [0.25, 0.3) is 5.65 Å². The second-order valence-electron chi connectivity index (χ2n) is 10.4. The van der Waals surface area contributed by atoms with Crippen molar-refractivity contribution in [3.05, 3.63) is 41.6 Å². The summed E-state index contributed by atoms with van der Waals surface area (Å²) in [6, 6.07) is 8.25. The fourth-order valence-corrected chi connectivity index (χ4v) is 5.08. The highest BCUT2D eigenvalue weighted by molar-refractivity contribution is 5.90. The molecule has 2 amide bonds. The summed E-state index contributed by atoms with van der Waals surface area (Å²) in [6.07, 6.45) is 9.63. The second-order valence-corrected chi connectivity index (χ2v) is 10.4. The van der Waals surface area contributed by atoms with Gasteiger partial charge in [0.25, 0.3) is 0 Å². The van der Waals surface area contributed by atoms with Crippen molar-refractivity contribution in [2.45, 2.75) is 83.4 Å². The Morgan fingerprint density at radius 2 is 1.97 bits per heavy atom. The average Bonchev–Trinajstić information content (AvgIpc) is 3.34. The number of piperidine rings is 1. The zero-order valence-electron chi connectivity index (χ0n) is 21.8. The minimum atomic E-state index is -0.158. The molecule has 198 valence electrons. The molecule has 2 fully saturated rings. The Balaban J connectivity index is 1.33. The van der Waals surface area contributed by atoms with E-state index in [1.165, 1.54) is 19.3 Å². The first kappa shape index (κ1) is 25.3. The van der Waals surface area contributed by atoms with Crippen LogP contribution in [0, 0.1) is 0 Å². The average molecular weight is 507 g/mol. The molecule has 2 aliphatic rings. The van der Waals surface area contributed by atoms with Gasteiger partial charge in [-0.2, -0.15) is 19.6 Å². The minimum absolute atomic E-state index is 0.0436. The lowest BCUT2D eigenvalue weighted by Crippen LogP contribution is -2.39. The second kappa shape index (κ2) is 11.8. The SMILES string of the molecule is CC(C)c1cnn2c(NCc3ccccc3NC(=O)NC3CCCCC3)nc(O[C@@H]3CCCNC3)nc12. The van der Waals surface area contributed by atoms with E-state index in [1.54, 1.807) is 4.52 Å². The largest absolute Gasteiger partial charge is 0.459 e. The first-order valence-electron chi connectivity index (χ1n) is 13.6. The van der Waals surface area contributed by atoms with Gasteiger partial charge in [0.15, 0.2) is 5.65 Å². The zero-order chi connectivity index (χ0) is 25.6. The first-order valence-corrected chi connectivity index (χ1v) is 13.6. The van der Waals surface area contributed by atoms with Gasteiger partial charge in [-0.25, -0.2) is 4.79 Å². The van der Waals surface area contributed by atoms with Gasteiger partial charge in [-0.1, -0.05) is 51.3 Å². The number of hydrogen-bond acceptors (Lipinski definition) is 7. The monoisotopic (exact) mass is 506 g/mol. The van der Waals surface area contributed by atoms with Crippen molar-refractivity contribution in [1.29, 1.82) is 0 Å². The smallest absolute Gasteiger partial charge is 0.322 e. The molecule has 1 aliphatic carbocycles. The fourth-order valence-electron chi connectivity index (χ4n) is 5.08. The summed E-state index contributed by atoms with van der Waals surface area (Å²) in [5, 5.41) is 17.5. The summed E-state index contributed by atoms with van der Waals surface area (Å²) in [5.74, 6) is 0.814. The molecular weight excluding hydrogens is 468 g/mol. The summed E-state index contributed by atoms with van der Waals surface area (Å²) < 4.78 is 7.91. The Labute approximate surface area is 218 Å². The molecule has 37 heavy (non-hydrogen) atoms. The lowest BCUT2D eigenvalue weighted by atomic mass is 9.96. The van der Waals surface area contributed by atoms with Crippen molar-refractivity contribution in [2.24, 2.45) is 0 Å². The minimum Gasteiger partial charge on any atom is -0.459 e. The first-order chi connectivity index (χ1) is 18.1. The summed E-state index contributed by atoms with van der Waals surface area (Å²) in [5.41, 5.74) is 3.49. The van der Waals surface area contributed by atoms with E-state index in [9.17, 15) is 4.79 Å². The number of amides is 2. The number of urea groups is 1. The maximum atomic E-state index is 12.7. The fraction of sp³-hybridized carbons (Fsp3) is 0.556. The molecule has 0 unspecified atom stereocenters. The number of fused-ring (bicyclic) bond motifs is 1. The van der Waals surface area contributed by atoms with Gasteiger partial charge in [-0.05, 0) is 49.8 Å². The Morgan fingerprint density at radius 3 is 2.76 bits per heavy atom. The number of carbonyl (C=O) groups excluding carboxylic acids is 1. The van der Waals surface area contributed by atoms with E-state index in [-0.39, 0.29) is 24.1 Å². The summed E-state index contributed by atoms with van der Waals surface area (Å²) in [7, 11) is 0. The lowest BCUT2D eigenvalue weighted by molar-refractivity contribution is 0.153. The zero-order valence-corrected chi connectivity index (χ0v) is 21.8. The van der Waals surface area contributed by atoms with Crippen molar-refractivity contribution >= 4 is 23.3 Å². The van der Waals surface area contributed by atoms with Gasteiger partial charge in [0, 0.05) is 30.4 Å². The van der Waals surface area contributed by atoms with Crippen LogP contribution in [-0.2, 0) is 6.54 Å². The molecule has 3 aromatic rings. The van der Waals surface area contributed by atoms with E-state index >= 15 is 0 Å². The van der Waals surface area contributed by atoms with E-state index in [2.05, 4.69) is 45.2 Å². The van der Waals surface area contributed by atoms with Crippen molar-refractivity contribution in [2.75, 3.05) is 23.7 Å². The molecular formula is C27H38N8O2. The van der Waals surface area contributed by atoms with E-state index in [0.29, 0.717) is 18.5 Å². The molecule has 0 bridgehead atoms. The number of ether oxygens (including phenoxy) is 1. The van der Waals surface area contributed by atoms with E-state index in [1.807, 2.05) is 30.5 Å². The number of carbonyl (C=O) groups is 1. The van der Waals surface area contributed by atoms with Crippen molar-refractivity contribution in [1.82, 2.24) is 30.2 Å². The number of rotatable bonds is 8. The van der Waals surface area contributed by atoms with Gasteiger partial charge in [-0.3, -0.25) is 0 Å². The summed E-state index contributed by atoms with van der Waals surface area (Å²) in [4.78, 5) is 22.1. The van der Waals surface area contributed by atoms with E-state index in [0.717, 1.165) is 61.2 Å². The van der Waals surface area contributed by atoms with Gasteiger partial charge in [0.05, 0.1) is 6.20 Å². The van der Waals surface area contributed by atoms with Crippen molar-refractivity contribution in [3.63, 3.8) is 0 Å². The Bertz CT molecular complexity index is 1200. The van der Waals surface area contributed by atoms with E-state index in [4.69, 9.17) is 9.72 Å². The summed E-state index contributed by atoms with van der Waals surface area (Å²) >= 11 is 0. The van der Waals surface area contributed by atoms with Gasteiger partial charge in [0.1, 0.15) is 6.10 Å². The quantitative estimate of drug-likeness (QED) is 0.357. The van der Waals surface area contributed by atoms with Crippen LogP contribution in [0.15, 0.2) is 30.5 Å². The number of nitrogens with one attached hydrogen (secondary N) is 4. The molecule has 0 spiro atoms. The van der Waals surface area contributed by atoms with Crippen LogP contribution in [-0.4, -0.2) is 50.8 Å². The molecule has 10 nitrogen and oxygen atoms in total. The van der Waals surface area contributed by atoms with Gasteiger partial charge in [0.2, 0.25) is 5.95 Å². The Kier molecular flexibility index (Phi) is 8.03. The number of benzene rings is 1. The third-order valence-electron chi connectivity index (χ3n) is 7.16. The molecule has 1 saturated heterocycles. The van der Waals surface area contributed by atoms with Crippen LogP contribution in [0.2, 0.25) is 0 Å². The molecule has 1 aliphatic heterocycles. The molecule has 4 N–H and O–H groups in total. The number of nitrogens with zero attached hydrogens (tertiary/aromatic N) is 4. The van der Waals surface area contributed by atoms with E-state index < -0.39 is 0 Å². The third-order valence-corrected chi connectivity index (χ3v) is 7.16. The molecule has 1 atom stereocenters. The van der Waals surface area contributed by atoms with Crippen molar-refractivity contribution < 1.29 is 9.53 Å². The van der Waals surface area contributed by atoms with Crippen LogP contribution >= 0.6 is 0 Å². The highest BCUT2D eigenvalue weighted by atomic mass is 16.5. The lowest BCUT2D eigenvalue weighted by Gasteiger charge is -2.23. The van der Waals surface area contributed by atoms with Crippen LogP contribution in [0.4, 0.5) is 16.4 Å². The van der Waals surface area contributed by atoms with Gasteiger partial charge >= 0.3 is 12.0 Å². The van der Waals surface area contributed by atoms with Gasteiger partial charge in [-0.15, -0.1) is 0 Å². The highest BCUT2D eigenvalue weighted by Crippen LogP contribution is 2.25. The number of hydrogen-bond donors (Lipinski definition) is 4. The number of para-hydroxylation sites is 1. The van der Waals surface area contributed by atoms with Crippen LogP contribution in [0.5, 0.6) is 6.01 Å². The topological polar surface area (TPSA) is 118 Å². The number of anilines is 2. The maximum absolute atomic E-state index is 12.7. The normalized spacial score (nSPS) is 18.6.